The first-order chi connectivity index (χ1) is 13.7. The molecule has 28 heavy (non-hydrogen) atoms. The summed E-state index contributed by atoms with van der Waals surface area (Å²) in [5.74, 6) is 11.9. The number of hydrazone groups is 2. The van der Waals surface area contributed by atoms with E-state index in [4.69, 9.17) is 21.9 Å². The number of guanidine groups is 2. The number of aliphatic hydroxyl groups is 2. The zero-order valence-electron chi connectivity index (χ0n) is 15.7. The molecule has 2 rings (SSSR count). The molecule has 14 heteroatoms. The Balaban J connectivity index is 1.75. The van der Waals surface area contributed by atoms with E-state index >= 15 is 0 Å². The van der Waals surface area contributed by atoms with Crippen LogP contribution in [-0.2, 0) is 0 Å². The van der Waals surface area contributed by atoms with Gasteiger partial charge >= 0.3 is 0 Å². The number of aliphatic imine (C=N–C) groups is 2. The molecule has 2 aliphatic heterocycles. The SMILES string of the molecule is NNC1=NC(NN=CC=NNC2CCN(CCO)C(NN)=N2)CCN1CCO. The van der Waals surface area contributed by atoms with Gasteiger partial charge in [0, 0.05) is 39.0 Å². The second-order valence-corrected chi connectivity index (χ2v) is 6.04. The van der Waals surface area contributed by atoms with Gasteiger partial charge in [-0.3, -0.25) is 21.7 Å². The van der Waals surface area contributed by atoms with Gasteiger partial charge in [-0.25, -0.2) is 21.7 Å². The summed E-state index contributed by atoms with van der Waals surface area (Å²) in [6.45, 7) is 2.43. The van der Waals surface area contributed by atoms with Crippen LogP contribution in [-0.4, -0.2) is 96.1 Å². The van der Waals surface area contributed by atoms with Crippen molar-refractivity contribution < 1.29 is 10.2 Å². The second-order valence-electron chi connectivity index (χ2n) is 6.04. The molecule has 0 bridgehead atoms. The highest BCUT2D eigenvalue weighted by Crippen LogP contribution is 2.07. The topological polar surface area (TPSA) is 197 Å². The van der Waals surface area contributed by atoms with Gasteiger partial charge in [0.15, 0.2) is 0 Å². The predicted molar refractivity (Wildman–Crippen MR) is 107 cm³/mol. The fourth-order valence-electron chi connectivity index (χ4n) is 2.80. The molecule has 0 aromatic heterocycles. The fraction of sp³-hybridized carbons (Fsp3) is 0.714. The molecule has 2 unspecified atom stereocenters. The third kappa shape index (κ3) is 6.49. The quantitative estimate of drug-likeness (QED) is 0.107. The Morgan fingerprint density at radius 2 is 1.32 bits per heavy atom. The lowest BCUT2D eigenvalue weighted by Gasteiger charge is -2.31. The number of β-amino-alcohol motifs (C(OH)–C–C–N with tert-alkyl or cyclic N) is 2. The molecule has 0 radical (unpaired) electrons. The molecule has 2 aliphatic rings. The molecule has 0 aromatic rings. The van der Waals surface area contributed by atoms with Gasteiger partial charge in [-0.15, -0.1) is 0 Å². The number of hydrogen-bond acceptors (Lipinski definition) is 14. The minimum atomic E-state index is -0.211. The largest absolute Gasteiger partial charge is 0.395 e. The smallest absolute Gasteiger partial charge is 0.210 e. The van der Waals surface area contributed by atoms with Crippen LogP contribution in [0.25, 0.3) is 0 Å². The third-order valence-electron chi connectivity index (χ3n) is 4.16. The standard InChI is InChI=1S/C14H30N12O2/c15-21-13-19-11(1-5-25(13)7-9-27)23-17-3-4-18-24-12-2-6-26(8-10-28)14(20-12)22-16/h3-4,11-12,23-24,27-28H,1-2,5-10,15-16H2,(H,19,21)(H,20,22). The Hall–Kier alpha value is -2.68. The molecule has 0 saturated heterocycles. The van der Waals surface area contributed by atoms with Crippen LogP contribution in [0.15, 0.2) is 20.2 Å². The van der Waals surface area contributed by atoms with E-state index in [1.807, 2.05) is 9.80 Å². The number of rotatable bonds is 9. The van der Waals surface area contributed by atoms with E-state index in [1.54, 1.807) is 0 Å². The molecular formula is C14H30N12O2. The van der Waals surface area contributed by atoms with Crippen LogP contribution in [0.2, 0.25) is 0 Å². The average molecular weight is 398 g/mol. The molecule has 0 aliphatic carbocycles. The summed E-state index contributed by atoms with van der Waals surface area (Å²) in [6.07, 6.45) is 4.05. The van der Waals surface area contributed by atoms with E-state index in [0.717, 1.165) is 12.8 Å². The lowest BCUT2D eigenvalue weighted by Crippen LogP contribution is -2.51. The van der Waals surface area contributed by atoms with Crippen molar-refractivity contribution in [1.82, 2.24) is 31.5 Å². The minimum absolute atomic E-state index is 0.0355. The number of nitrogens with one attached hydrogen (secondary N) is 4. The number of nitrogens with zero attached hydrogens (tertiary/aromatic N) is 6. The maximum absolute atomic E-state index is 9.03. The first-order valence-electron chi connectivity index (χ1n) is 9.08. The van der Waals surface area contributed by atoms with Gasteiger partial charge in [-0.1, -0.05) is 0 Å². The molecule has 158 valence electrons. The van der Waals surface area contributed by atoms with Gasteiger partial charge in [0.05, 0.1) is 25.6 Å². The number of hydrogen-bond donors (Lipinski definition) is 8. The van der Waals surface area contributed by atoms with E-state index in [-0.39, 0.29) is 25.5 Å². The van der Waals surface area contributed by atoms with Crippen LogP contribution in [0.5, 0.6) is 0 Å². The Morgan fingerprint density at radius 3 is 1.68 bits per heavy atom. The normalized spacial score (nSPS) is 23.0. The molecular weight excluding hydrogens is 368 g/mol. The number of hydrazine groups is 2. The molecule has 14 nitrogen and oxygen atoms in total. The zero-order valence-corrected chi connectivity index (χ0v) is 15.7. The average Bonchev–Trinajstić information content (AvgIpc) is 2.72. The Morgan fingerprint density at radius 1 is 0.893 bits per heavy atom. The van der Waals surface area contributed by atoms with Crippen LogP contribution < -0.4 is 33.4 Å². The summed E-state index contributed by atoms with van der Waals surface area (Å²) in [6, 6.07) is 0. The maximum atomic E-state index is 9.03. The summed E-state index contributed by atoms with van der Waals surface area (Å²) in [5, 5.41) is 26.2. The highest BCUT2D eigenvalue weighted by Gasteiger charge is 2.21. The lowest BCUT2D eigenvalue weighted by atomic mass is 10.3. The van der Waals surface area contributed by atoms with Gasteiger partial charge in [0.25, 0.3) is 0 Å². The van der Waals surface area contributed by atoms with Gasteiger partial charge < -0.3 is 20.0 Å². The van der Waals surface area contributed by atoms with Crippen molar-refractivity contribution in [3.05, 3.63) is 0 Å². The van der Waals surface area contributed by atoms with Gasteiger partial charge in [0.2, 0.25) is 11.9 Å². The Kier molecular flexibility index (Phi) is 9.20. The van der Waals surface area contributed by atoms with Crippen LogP contribution in [0, 0.1) is 0 Å². The first-order valence-corrected chi connectivity index (χ1v) is 9.08. The summed E-state index contributed by atoms with van der Waals surface area (Å²) in [5.41, 5.74) is 10.9. The van der Waals surface area contributed by atoms with Crippen LogP contribution in [0.3, 0.4) is 0 Å². The Bertz CT molecular complexity index is 531. The van der Waals surface area contributed by atoms with Crippen LogP contribution >= 0.6 is 0 Å². The van der Waals surface area contributed by atoms with Crippen molar-refractivity contribution in [1.29, 1.82) is 0 Å². The minimum Gasteiger partial charge on any atom is -0.395 e. The van der Waals surface area contributed by atoms with Crippen LogP contribution in [0.4, 0.5) is 0 Å². The summed E-state index contributed by atoms with van der Waals surface area (Å²) in [7, 11) is 0. The monoisotopic (exact) mass is 398 g/mol. The summed E-state index contributed by atoms with van der Waals surface area (Å²) >= 11 is 0. The molecule has 0 fully saturated rings. The van der Waals surface area contributed by atoms with Gasteiger partial charge in [-0.05, 0) is 0 Å². The molecule has 0 aromatic carbocycles. The molecule has 0 amide bonds. The van der Waals surface area contributed by atoms with E-state index < -0.39 is 0 Å². The van der Waals surface area contributed by atoms with Crippen molar-refractivity contribution in [2.45, 2.75) is 25.2 Å². The fourth-order valence-corrected chi connectivity index (χ4v) is 2.80. The van der Waals surface area contributed by atoms with Crippen LogP contribution in [0.1, 0.15) is 12.8 Å². The summed E-state index contributed by atoms with van der Waals surface area (Å²) in [4.78, 5) is 12.5. The number of aliphatic hydroxyl groups excluding tert-OH is 2. The van der Waals surface area contributed by atoms with Gasteiger partial charge in [-0.2, -0.15) is 10.2 Å². The Labute approximate surface area is 163 Å². The van der Waals surface area contributed by atoms with E-state index in [1.165, 1.54) is 12.4 Å². The molecule has 0 spiro atoms. The highest BCUT2D eigenvalue weighted by molar-refractivity contribution is 6.15. The number of nitrogens with two attached hydrogens (primary N) is 2. The predicted octanol–water partition coefficient (Wildman–Crippen LogP) is -4.18. The maximum Gasteiger partial charge on any atom is 0.210 e. The van der Waals surface area contributed by atoms with Gasteiger partial charge in [0.1, 0.15) is 12.3 Å². The zero-order chi connectivity index (χ0) is 20.2. The van der Waals surface area contributed by atoms with Crippen molar-refractivity contribution in [2.24, 2.45) is 31.9 Å². The molecule has 2 heterocycles. The van der Waals surface area contributed by atoms with E-state index in [9.17, 15) is 0 Å². The summed E-state index contributed by atoms with van der Waals surface area (Å²) < 4.78 is 0. The second kappa shape index (κ2) is 11.9. The third-order valence-corrected chi connectivity index (χ3v) is 4.16. The first kappa shape index (κ1) is 21.6. The van der Waals surface area contributed by atoms with Crippen molar-refractivity contribution in [3.63, 3.8) is 0 Å². The molecule has 10 N–H and O–H groups in total. The molecule has 2 atom stereocenters. The van der Waals surface area contributed by atoms with E-state index in [2.05, 4.69) is 41.9 Å². The van der Waals surface area contributed by atoms with Crippen molar-refractivity contribution in [3.8, 4) is 0 Å². The molecule has 0 saturated carbocycles. The van der Waals surface area contributed by atoms with E-state index in [0.29, 0.717) is 38.1 Å². The van der Waals surface area contributed by atoms with Crippen molar-refractivity contribution in [2.75, 3.05) is 39.4 Å². The lowest BCUT2D eigenvalue weighted by molar-refractivity contribution is 0.232. The highest BCUT2D eigenvalue weighted by atomic mass is 16.3. The van der Waals surface area contributed by atoms with Crippen molar-refractivity contribution >= 4 is 24.3 Å².